The smallest absolute Gasteiger partial charge is 0.122 e. The molecule has 0 bridgehead atoms. The molecule has 1 fully saturated rings. The number of nitrogens with zero attached hydrogens (tertiary/aromatic N) is 1. The molecule has 3 heteroatoms. The Hall–Kier alpha value is -1.53. The molecule has 0 spiro atoms. The molecule has 0 aromatic heterocycles. The second-order valence-electron chi connectivity index (χ2n) is 5.73. The third kappa shape index (κ3) is 3.97. The highest BCUT2D eigenvalue weighted by Gasteiger charge is 2.32. The van der Waals surface area contributed by atoms with Crippen molar-refractivity contribution in [3.63, 3.8) is 0 Å². The highest BCUT2D eigenvalue weighted by Crippen LogP contribution is 2.24. The van der Waals surface area contributed by atoms with Crippen LogP contribution in [0.4, 0.5) is 0 Å². The van der Waals surface area contributed by atoms with Crippen LogP contribution in [0.5, 0.6) is 5.75 Å². The lowest BCUT2D eigenvalue weighted by Gasteiger charge is -2.23. The largest absolute Gasteiger partial charge is 0.493 e. The van der Waals surface area contributed by atoms with Gasteiger partial charge in [0, 0.05) is 12.5 Å². The van der Waals surface area contributed by atoms with Crippen molar-refractivity contribution in [2.75, 3.05) is 6.61 Å². The van der Waals surface area contributed by atoms with Crippen LogP contribution in [0.15, 0.2) is 18.2 Å². The van der Waals surface area contributed by atoms with Crippen molar-refractivity contribution in [1.29, 1.82) is 5.26 Å². The molecule has 0 aliphatic heterocycles. The maximum atomic E-state index is 9.29. The summed E-state index contributed by atoms with van der Waals surface area (Å²) in [5.74, 6) is 0.923. The molecular weight excluding hydrogens is 236 g/mol. The highest BCUT2D eigenvalue weighted by atomic mass is 16.5. The van der Waals surface area contributed by atoms with Gasteiger partial charge >= 0.3 is 0 Å². The molecule has 1 aliphatic rings. The summed E-state index contributed by atoms with van der Waals surface area (Å²) in [6.07, 6.45) is 3.08. The molecule has 0 heterocycles. The molecule has 1 aliphatic carbocycles. The Morgan fingerprint density at radius 3 is 2.79 bits per heavy atom. The summed E-state index contributed by atoms with van der Waals surface area (Å²) in [4.78, 5) is 0. The van der Waals surface area contributed by atoms with Gasteiger partial charge in [0.25, 0.3) is 0 Å². The minimum absolute atomic E-state index is 0.473. The third-order valence-electron chi connectivity index (χ3n) is 3.55. The quantitative estimate of drug-likeness (QED) is 0.852. The van der Waals surface area contributed by atoms with Gasteiger partial charge in [-0.15, -0.1) is 0 Å². The molecule has 1 unspecified atom stereocenters. The zero-order valence-corrected chi connectivity index (χ0v) is 12.0. The number of hydrogen-bond donors (Lipinski definition) is 1. The summed E-state index contributed by atoms with van der Waals surface area (Å²) in [5.41, 5.74) is 1.86. The van der Waals surface area contributed by atoms with Crippen LogP contribution in [0.2, 0.25) is 0 Å². The van der Waals surface area contributed by atoms with Gasteiger partial charge in [0.15, 0.2) is 0 Å². The minimum atomic E-state index is -0.473. The first-order chi connectivity index (χ1) is 9.02. The Bertz CT molecular complexity index is 488. The molecule has 1 N–H and O–H groups in total. The topological polar surface area (TPSA) is 45.0 Å². The molecule has 102 valence electrons. The Labute approximate surface area is 115 Å². The van der Waals surface area contributed by atoms with Crippen LogP contribution in [0.3, 0.4) is 0 Å². The zero-order valence-electron chi connectivity index (χ0n) is 12.0. The monoisotopic (exact) mass is 258 g/mol. The van der Waals surface area contributed by atoms with Crippen molar-refractivity contribution >= 4 is 0 Å². The van der Waals surface area contributed by atoms with Crippen molar-refractivity contribution in [2.24, 2.45) is 0 Å². The van der Waals surface area contributed by atoms with Gasteiger partial charge in [-0.25, -0.2) is 0 Å². The normalized spacial score (nSPS) is 17.6. The average Bonchev–Trinajstić information content (AvgIpc) is 3.17. The molecule has 0 radical (unpaired) electrons. The van der Waals surface area contributed by atoms with Crippen LogP contribution in [0.1, 0.15) is 37.3 Å². The van der Waals surface area contributed by atoms with Crippen molar-refractivity contribution in [3.05, 3.63) is 29.3 Å². The summed E-state index contributed by atoms with van der Waals surface area (Å²) in [6, 6.07) is 9.10. The van der Waals surface area contributed by atoms with Crippen LogP contribution < -0.4 is 10.1 Å². The maximum absolute atomic E-state index is 9.29. The lowest BCUT2D eigenvalue weighted by molar-refractivity contribution is 0.264. The summed E-state index contributed by atoms with van der Waals surface area (Å²) >= 11 is 0. The number of hydrogen-bond acceptors (Lipinski definition) is 3. The van der Waals surface area contributed by atoms with Gasteiger partial charge in [-0.1, -0.05) is 12.1 Å². The molecule has 19 heavy (non-hydrogen) atoms. The van der Waals surface area contributed by atoms with E-state index in [2.05, 4.69) is 30.4 Å². The lowest BCUT2D eigenvalue weighted by atomic mass is 10.0. The van der Waals surface area contributed by atoms with Gasteiger partial charge < -0.3 is 4.74 Å². The van der Waals surface area contributed by atoms with E-state index in [1.54, 1.807) is 0 Å². The van der Waals surface area contributed by atoms with E-state index in [4.69, 9.17) is 4.74 Å². The van der Waals surface area contributed by atoms with Crippen LogP contribution in [0.25, 0.3) is 0 Å². The number of rotatable bonds is 6. The number of nitrogens with one attached hydrogen (secondary N) is 1. The molecule has 3 nitrogen and oxygen atoms in total. The van der Waals surface area contributed by atoms with E-state index >= 15 is 0 Å². The molecule has 0 amide bonds. The van der Waals surface area contributed by atoms with Gasteiger partial charge in [-0.2, -0.15) is 5.26 Å². The van der Waals surface area contributed by atoms with E-state index in [9.17, 15) is 5.26 Å². The summed E-state index contributed by atoms with van der Waals surface area (Å²) in [6.45, 7) is 6.62. The first kappa shape index (κ1) is 13.9. The second-order valence-corrected chi connectivity index (χ2v) is 5.73. The third-order valence-corrected chi connectivity index (χ3v) is 3.55. The van der Waals surface area contributed by atoms with Crippen molar-refractivity contribution in [1.82, 2.24) is 5.32 Å². The van der Waals surface area contributed by atoms with E-state index < -0.39 is 5.54 Å². The van der Waals surface area contributed by atoms with Crippen molar-refractivity contribution in [2.45, 2.75) is 51.6 Å². The van der Waals surface area contributed by atoms with E-state index in [1.807, 2.05) is 19.9 Å². The first-order valence-electron chi connectivity index (χ1n) is 6.91. The Balaban J connectivity index is 1.88. The molecule has 1 atom stereocenters. The number of nitriles is 1. The Morgan fingerprint density at radius 1 is 1.42 bits per heavy atom. The SMILES string of the molecule is Cc1ccc(C)c(OCCC(C)(C#N)NC2CC2)c1. The van der Waals surface area contributed by atoms with E-state index in [0.717, 1.165) is 11.3 Å². The highest BCUT2D eigenvalue weighted by molar-refractivity contribution is 5.35. The van der Waals surface area contributed by atoms with Crippen molar-refractivity contribution < 1.29 is 4.74 Å². The molecule has 0 saturated heterocycles. The van der Waals surface area contributed by atoms with Crippen LogP contribution in [0, 0.1) is 25.2 Å². The lowest BCUT2D eigenvalue weighted by Crippen LogP contribution is -2.43. The molecule has 1 aromatic carbocycles. The number of aryl methyl sites for hydroxylation is 2. The predicted octanol–water partition coefficient (Wildman–Crippen LogP) is 3.11. The fraction of sp³-hybridized carbons (Fsp3) is 0.562. The average molecular weight is 258 g/mol. The standard InChI is InChI=1S/C16H22N2O/c1-12-4-5-13(2)15(10-12)19-9-8-16(3,11-17)18-14-6-7-14/h4-5,10,14,18H,6-9H2,1-3H3. The zero-order chi connectivity index (χ0) is 13.9. The Morgan fingerprint density at radius 2 is 2.16 bits per heavy atom. The van der Waals surface area contributed by atoms with E-state index in [0.29, 0.717) is 19.1 Å². The second kappa shape index (κ2) is 5.63. The summed E-state index contributed by atoms with van der Waals surface area (Å²) in [5, 5.41) is 12.7. The van der Waals surface area contributed by atoms with E-state index in [-0.39, 0.29) is 0 Å². The van der Waals surface area contributed by atoms with Gasteiger partial charge in [0.05, 0.1) is 12.7 Å². The fourth-order valence-corrected chi connectivity index (χ4v) is 2.07. The van der Waals surface area contributed by atoms with Gasteiger partial charge in [-0.05, 0) is 50.8 Å². The fourth-order valence-electron chi connectivity index (χ4n) is 2.07. The molecule has 1 aromatic rings. The van der Waals surface area contributed by atoms with Crippen LogP contribution in [-0.2, 0) is 0 Å². The minimum Gasteiger partial charge on any atom is -0.493 e. The van der Waals surface area contributed by atoms with Gasteiger partial charge in [0.2, 0.25) is 0 Å². The maximum Gasteiger partial charge on any atom is 0.122 e. The van der Waals surface area contributed by atoms with Crippen molar-refractivity contribution in [3.8, 4) is 11.8 Å². The molecular formula is C16H22N2O. The number of benzene rings is 1. The predicted molar refractivity (Wildman–Crippen MR) is 76.2 cm³/mol. The first-order valence-corrected chi connectivity index (χ1v) is 6.91. The number of ether oxygens (including phenoxy) is 1. The van der Waals surface area contributed by atoms with Gasteiger partial charge in [0.1, 0.15) is 11.3 Å². The molecule has 2 rings (SSSR count). The summed E-state index contributed by atoms with van der Waals surface area (Å²) in [7, 11) is 0. The Kier molecular flexibility index (Phi) is 4.11. The van der Waals surface area contributed by atoms with Crippen LogP contribution in [-0.4, -0.2) is 18.2 Å². The molecule has 1 saturated carbocycles. The summed E-state index contributed by atoms with van der Waals surface area (Å²) < 4.78 is 5.83. The van der Waals surface area contributed by atoms with E-state index in [1.165, 1.54) is 18.4 Å². The van der Waals surface area contributed by atoms with Crippen LogP contribution >= 0.6 is 0 Å². The van der Waals surface area contributed by atoms with Gasteiger partial charge in [-0.3, -0.25) is 5.32 Å².